The van der Waals surface area contributed by atoms with Crippen LogP contribution in [0.5, 0.6) is 5.75 Å². The zero-order valence-corrected chi connectivity index (χ0v) is 14.0. The van der Waals surface area contributed by atoms with Gasteiger partial charge in [0.2, 0.25) is 0 Å². The number of aryl methyl sites for hydroxylation is 1. The number of hydrogen-bond acceptors (Lipinski definition) is 5. The van der Waals surface area contributed by atoms with Gasteiger partial charge in [0.25, 0.3) is 5.91 Å². The first-order valence-corrected chi connectivity index (χ1v) is 7.63. The highest BCUT2D eigenvalue weighted by molar-refractivity contribution is 5.93. The number of nitrogens with one attached hydrogen (secondary N) is 1. The summed E-state index contributed by atoms with van der Waals surface area (Å²) in [5.41, 5.74) is 1.27. The number of methoxy groups -OCH3 is 1. The van der Waals surface area contributed by atoms with Crippen LogP contribution in [0.2, 0.25) is 0 Å². The van der Waals surface area contributed by atoms with Gasteiger partial charge in [0.1, 0.15) is 23.1 Å². The molecule has 0 saturated carbocycles. The molecule has 122 valence electrons. The number of anilines is 2. The molecule has 6 nitrogen and oxygen atoms in total. The smallest absolute Gasteiger partial charge is 0.272 e. The summed E-state index contributed by atoms with van der Waals surface area (Å²) in [6.07, 6.45) is 0. The van der Waals surface area contributed by atoms with Crippen molar-refractivity contribution in [2.75, 3.05) is 25.5 Å². The minimum atomic E-state index is -0.0849. The summed E-state index contributed by atoms with van der Waals surface area (Å²) < 4.78 is 5.14. The average molecular weight is 314 g/mol. The van der Waals surface area contributed by atoms with E-state index in [0.717, 1.165) is 11.4 Å². The van der Waals surface area contributed by atoms with E-state index in [9.17, 15) is 4.79 Å². The van der Waals surface area contributed by atoms with Crippen LogP contribution in [0.1, 0.15) is 30.2 Å². The van der Waals surface area contributed by atoms with Gasteiger partial charge in [-0.1, -0.05) is 0 Å². The Morgan fingerprint density at radius 1 is 1.17 bits per heavy atom. The van der Waals surface area contributed by atoms with Crippen LogP contribution >= 0.6 is 0 Å². The standard InChI is InChI=1S/C17H22N4O2/c1-5-21(6-2)17(22)15-11-16(19-12(3)18-15)20-13-7-9-14(23-4)10-8-13/h7-11H,5-6H2,1-4H3,(H,18,19,20). The maximum atomic E-state index is 12.4. The molecule has 2 aromatic rings. The van der Waals surface area contributed by atoms with Crippen LogP contribution in [0.3, 0.4) is 0 Å². The quantitative estimate of drug-likeness (QED) is 0.887. The summed E-state index contributed by atoms with van der Waals surface area (Å²) in [4.78, 5) is 22.8. The van der Waals surface area contributed by atoms with Crippen LogP contribution in [-0.4, -0.2) is 41.0 Å². The highest BCUT2D eigenvalue weighted by Crippen LogP contribution is 2.19. The lowest BCUT2D eigenvalue weighted by Gasteiger charge is -2.18. The van der Waals surface area contributed by atoms with Gasteiger partial charge in [-0.3, -0.25) is 4.79 Å². The van der Waals surface area contributed by atoms with Crippen LogP contribution in [0.15, 0.2) is 30.3 Å². The number of aromatic nitrogens is 2. The maximum Gasteiger partial charge on any atom is 0.272 e. The number of ether oxygens (including phenoxy) is 1. The normalized spacial score (nSPS) is 10.3. The lowest BCUT2D eigenvalue weighted by molar-refractivity contribution is 0.0766. The molecule has 1 heterocycles. The van der Waals surface area contributed by atoms with E-state index in [1.165, 1.54) is 0 Å². The van der Waals surface area contributed by atoms with Crippen LogP contribution in [-0.2, 0) is 0 Å². The molecule has 0 atom stereocenters. The van der Waals surface area contributed by atoms with E-state index in [4.69, 9.17) is 4.74 Å². The van der Waals surface area contributed by atoms with E-state index in [1.807, 2.05) is 38.1 Å². The first kappa shape index (κ1) is 16.7. The number of benzene rings is 1. The molecule has 0 saturated heterocycles. The van der Waals surface area contributed by atoms with Gasteiger partial charge in [-0.2, -0.15) is 0 Å². The van der Waals surface area contributed by atoms with Gasteiger partial charge in [-0.25, -0.2) is 9.97 Å². The lowest BCUT2D eigenvalue weighted by Crippen LogP contribution is -2.31. The van der Waals surface area contributed by atoms with Crippen molar-refractivity contribution < 1.29 is 9.53 Å². The van der Waals surface area contributed by atoms with Gasteiger partial charge < -0.3 is 15.0 Å². The van der Waals surface area contributed by atoms with Gasteiger partial charge in [-0.05, 0) is 45.0 Å². The first-order valence-electron chi connectivity index (χ1n) is 7.63. The van der Waals surface area contributed by atoms with Crippen molar-refractivity contribution >= 4 is 17.4 Å². The van der Waals surface area contributed by atoms with Crippen molar-refractivity contribution in [2.45, 2.75) is 20.8 Å². The molecule has 1 N–H and O–H groups in total. The number of hydrogen-bond donors (Lipinski definition) is 1. The molecule has 0 spiro atoms. The third kappa shape index (κ3) is 4.18. The number of carbonyl (C=O) groups excluding carboxylic acids is 1. The van der Waals surface area contributed by atoms with Gasteiger partial charge in [-0.15, -0.1) is 0 Å². The largest absolute Gasteiger partial charge is 0.497 e. The SMILES string of the molecule is CCN(CC)C(=O)c1cc(Nc2ccc(OC)cc2)nc(C)n1. The molecular weight excluding hydrogens is 292 g/mol. The van der Waals surface area contributed by atoms with Crippen LogP contribution < -0.4 is 10.1 Å². The van der Waals surface area contributed by atoms with Crippen LogP contribution in [0.25, 0.3) is 0 Å². The molecule has 0 radical (unpaired) electrons. The highest BCUT2D eigenvalue weighted by atomic mass is 16.5. The summed E-state index contributed by atoms with van der Waals surface area (Å²) in [5, 5.41) is 3.19. The van der Waals surface area contributed by atoms with E-state index in [2.05, 4.69) is 15.3 Å². The van der Waals surface area contributed by atoms with Crippen LogP contribution in [0, 0.1) is 6.92 Å². The highest BCUT2D eigenvalue weighted by Gasteiger charge is 2.15. The molecule has 0 aliphatic rings. The lowest BCUT2D eigenvalue weighted by atomic mass is 10.3. The summed E-state index contributed by atoms with van der Waals surface area (Å²) in [6, 6.07) is 9.18. The van der Waals surface area contributed by atoms with Crippen molar-refractivity contribution in [1.29, 1.82) is 0 Å². The Bertz CT molecular complexity index is 667. The fourth-order valence-electron chi connectivity index (χ4n) is 2.24. The predicted octanol–water partition coefficient (Wildman–Crippen LogP) is 3.02. The number of amides is 1. The molecule has 1 amide bonds. The van der Waals surface area contributed by atoms with Crippen molar-refractivity contribution in [3.8, 4) is 5.75 Å². The van der Waals surface area contributed by atoms with Crippen molar-refractivity contribution in [2.24, 2.45) is 0 Å². The number of nitrogens with zero attached hydrogens (tertiary/aromatic N) is 3. The van der Waals surface area contributed by atoms with Gasteiger partial charge >= 0.3 is 0 Å². The molecule has 6 heteroatoms. The Morgan fingerprint density at radius 3 is 2.39 bits per heavy atom. The first-order chi connectivity index (χ1) is 11.1. The fourth-order valence-corrected chi connectivity index (χ4v) is 2.24. The van der Waals surface area contributed by atoms with E-state index in [-0.39, 0.29) is 5.91 Å². The molecule has 0 bridgehead atoms. The summed E-state index contributed by atoms with van der Waals surface area (Å²) in [5.74, 6) is 1.85. The second-order valence-corrected chi connectivity index (χ2v) is 5.02. The molecule has 2 rings (SSSR count). The Kier molecular flexibility index (Phi) is 5.51. The van der Waals surface area contributed by atoms with E-state index >= 15 is 0 Å². The van der Waals surface area contributed by atoms with E-state index in [0.29, 0.717) is 30.4 Å². The number of carbonyl (C=O) groups is 1. The molecular formula is C17H22N4O2. The molecule has 23 heavy (non-hydrogen) atoms. The number of rotatable bonds is 6. The molecule has 0 unspecified atom stereocenters. The van der Waals surface area contributed by atoms with Gasteiger partial charge in [0, 0.05) is 24.8 Å². The fraction of sp³-hybridized carbons (Fsp3) is 0.353. The zero-order valence-electron chi connectivity index (χ0n) is 14.0. The molecule has 0 aliphatic heterocycles. The second kappa shape index (κ2) is 7.58. The summed E-state index contributed by atoms with van der Waals surface area (Å²) in [6.45, 7) is 6.98. The zero-order chi connectivity index (χ0) is 16.8. The molecule has 1 aromatic carbocycles. The van der Waals surface area contributed by atoms with Crippen molar-refractivity contribution in [3.05, 3.63) is 41.9 Å². The summed E-state index contributed by atoms with van der Waals surface area (Å²) >= 11 is 0. The Labute approximate surface area is 136 Å². The topological polar surface area (TPSA) is 67.4 Å². The van der Waals surface area contributed by atoms with Crippen LogP contribution in [0.4, 0.5) is 11.5 Å². The third-order valence-corrected chi connectivity index (χ3v) is 3.47. The monoisotopic (exact) mass is 314 g/mol. The minimum absolute atomic E-state index is 0.0849. The van der Waals surface area contributed by atoms with Gasteiger partial charge in [0.15, 0.2) is 0 Å². The Hall–Kier alpha value is -2.63. The van der Waals surface area contributed by atoms with Gasteiger partial charge in [0.05, 0.1) is 7.11 Å². The molecule has 0 fully saturated rings. The third-order valence-electron chi connectivity index (χ3n) is 3.47. The predicted molar refractivity (Wildman–Crippen MR) is 90.3 cm³/mol. The van der Waals surface area contributed by atoms with Crippen molar-refractivity contribution in [1.82, 2.24) is 14.9 Å². The molecule has 0 aliphatic carbocycles. The summed E-state index contributed by atoms with van der Waals surface area (Å²) in [7, 11) is 1.63. The minimum Gasteiger partial charge on any atom is -0.497 e. The average Bonchev–Trinajstić information content (AvgIpc) is 2.56. The molecule has 1 aromatic heterocycles. The Morgan fingerprint density at radius 2 is 1.83 bits per heavy atom. The van der Waals surface area contributed by atoms with Crippen molar-refractivity contribution in [3.63, 3.8) is 0 Å². The Balaban J connectivity index is 2.24. The maximum absolute atomic E-state index is 12.4. The van der Waals surface area contributed by atoms with E-state index < -0.39 is 0 Å². The van der Waals surface area contributed by atoms with E-state index in [1.54, 1.807) is 25.0 Å². The second-order valence-electron chi connectivity index (χ2n) is 5.02.